The Morgan fingerprint density at radius 2 is 1.64 bits per heavy atom. The maximum absolute atomic E-state index is 13.7. The summed E-state index contributed by atoms with van der Waals surface area (Å²) in [5.74, 6) is 1.35. The van der Waals surface area contributed by atoms with E-state index in [1.807, 2.05) is 23.6 Å². The van der Waals surface area contributed by atoms with Crippen molar-refractivity contribution >= 4 is 17.8 Å². The minimum Gasteiger partial charge on any atom is -0.465 e. The molecule has 2 fully saturated rings. The third kappa shape index (κ3) is 7.97. The van der Waals surface area contributed by atoms with E-state index in [4.69, 9.17) is 4.74 Å². The summed E-state index contributed by atoms with van der Waals surface area (Å²) in [4.78, 5) is 43.0. The first-order chi connectivity index (χ1) is 15.5. The van der Waals surface area contributed by atoms with Crippen molar-refractivity contribution in [1.29, 1.82) is 0 Å². The molecule has 7 heteroatoms. The third-order valence-corrected chi connectivity index (χ3v) is 7.13. The molecule has 1 N–H and O–H groups in total. The van der Waals surface area contributed by atoms with Crippen molar-refractivity contribution in [2.75, 3.05) is 32.8 Å². The molecule has 0 aromatic carbocycles. The SMILES string of the molecule is CC(C)COC(=O)CC1CCN(C(=O)[C@H]([C@@H](C)C(C)C)N2CCN[C@@H](CC(C)C)C2=O)CC1. The van der Waals surface area contributed by atoms with Crippen LogP contribution in [0, 0.1) is 29.6 Å². The van der Waals surface area contributed by atoms with E-state index in [1.54, 1.807) is 0 Å². The first-order valence-electron chi connectivity index (χ1n) is 13.0. The molecule has 0 aliphatic carbocycles. The normalized spacial score (nSPS) is 22.2. The molecule has 33 heavy (non-hydrogen) atoms. The predicted octanol–water partition coefficient (Wildman–Crippen LogP) is 3.32. The van der Waals surface area contributed by atoms with E-state index < -0.39 is 6.04 Å². The van der Waals surface area contributed by atoms with E-state index in [1.165, 1.54) is 0 Å². The van der Waals surface area contributed by atoms with Gasteiger partial charge in [0.1, 0.15) is 6.04 Å². The average molecular weight is 466 g/mol. The second-order valence-corrected chi connectivity index (χ2v) is 11.3. The highest BCUT2D eigenvalue weighted by molar-refractivity contribution is 5.90. The van der Waals surface area contributed by atoms with Crippen molar-refractivity contribution in [1.82, 2.24) is 15.1 Å². The quantitative estimate of drug-likeness (QED) is 0.501. The zero-order chi connectivity index (χ0) is 24.7. The molecule has 0 spiro atoms. The van der Waals surface area contributed by atoms with Crippen molar-refractivity contribution < 1.29 is 19.1 Å². The zero-order valence-electron chi connectivity index (χ0n) is 21.9. The fourth-order valence-corrected chi connectivity index (χ4v) is 4.79. The molecule has 0 aromatic rings. The highest BCUT2D eigenvalue weighted by Crippen LogP contribution is 2.28. The molecule has 2 rings (SSSR count). The number of nitrogens with one attached hydrogen (secondary N) is 1. The van der Waals surface area contributed by atoms with E-state index in [9.17, 15) is 14.4 Å². The van der Waals surface area contributed by atoms with Crippen LogP contribution in [-0.4, -0.2) is 72.5 Å². The van der Waals surface area contributed by atoms with Gasteiger partial charge in [0.15, 0.2) is 0 Å². The lowest BCUT2D eigenvalue weighted by atomic mass is 9.86. The van der Waals surface area contributed by atoms with Gasteiger partial charge in [-0.25, -0.2) is 0 Å². The van der Waals surface area contributed by atoms with Gasteiger partial charge >= 0.3 is 5.97 Å². The molecule has 2 amide bonds. The van der Waals surface area contributed by atoms with Gasteiger partial charge in [0, 0.05) is 32.6 Å². The van der Waals surface area contributed by atoms with E-state index in [0.717, 1.165) is 25.8 Å². The molecule has 190 valence electrons. The van der Waals surface area contributed by atoms with Gasteiger partial charge in [-0.05, 0) is 48.9 Å². The van der Waals surface area contributed by atoms with Crippen LogP contribution < -0.4 is 5.32 Å². The molecule has 2 heterocycles. The number of piperazine rings is 1. The maximum atomic E-state index is 13.7. The standard InChI is InChI=1S/C26H47N3O4/c1-17(2)14-22-25(31)29(13-10-27-22)24(20(7)19(5)6)26(32)28-11-8-21(9-12-28)15-23(30)33-16-18(3)4/h17-22,24,27H,8-16H2,1-7H3/t20-,22-,24-/m0/s1. The summed E-state index contributed by atoms with van der Waals surface area (Å²) in [5, 5.41) is 3.35. The first kappa shape index (κ1) is 27.6. The second-order valence-electron chi connectivity index (χ2n) is 11.3. The summed E-state index contributed by atoms with van der Waals surface area (Å²) in [6.07, 6.45) is 2.81. The topological polar surface area (TPSA) is 79.0 Å². The van der Waals surface area contributed by atoms with Crippen LogP contribution in [0.1, 0.15) is 74.1 Å². The number of carbonyl (C=O) groups is 3. The Labute approximate surface area is 201 Å². The Bertz CT molecular complexity index is 656. The van der Waals surface area contributed by atoms with Gasteiger partial charge in [0.2, 0.25) is 11.8 Å². The molecule has 3 atom stereocenters. The van der Waals surface area contributed by atoms with E-state index >= 15 is 0 Å². The number of ether oxygens (including phenoxy) is 1. The minimum absolute atomic E-state index is 0.0589. The van der Waals surface area contributed by atoms with E-state index in [2.05, 4.69) is 39.9 Å². The highest BCUT2D eigenvalue weighted by Gasteiger charge is 2.42. The largest absolute Gasteiger partial charge is 0.465 e. The minimum atomic E-state index is -0.429. The summed E-state index contributed by atoms with van der Waals surface area (Å²) in [7, 11) is 0. The van der Waals surface area contributed by atoms with Crippen LogP contribution >= 0.6 is 0 Å². The summed E-state index contributed by atoms with van der Waals surface area (Å²) < 4.78 is 5.34. The number of hydrogen-bond donors (Lipinski definition) is 1. The summed E-state index contributed by atoms with van der Waals surface area (Å²) in [6.45, 7) is 17.7. The van der Waals surface area contributed by atoms with Gasteiger partial charge in [-0.15, -0.1) is 0 Å². The molecule has 2 saturated heterocycles. The first-order valence-corrected chi connectivity index (χ1v) is 13.0. The number of hydrogen-bond acceptors (Lipinski definition) is 5. The summed E-state index contributed by atoms with van der Waals surface area (Å²) in [6, 6.07) is -0.641. The molecule has 2 aliphatic rings. The van der Waals surface area contributed by atoms with Crippen LogP contribution in [0.2, 0.25) is 0 Å². The van der Waals surface area contributed by atoms with E-state index in [0.29, 0.717) is 50.4 Å². The fraction of sp³-hybridized carbons (Fsp3) is 0.885. The van der Waals surface area contributed by atoms with Crippen LogP contribution in [0.15, 0.2) is 0 Å². The molecule has 0 saturated carbocycles. The Morgan fingerprint density at radius 3 is 2.18 bits per heavy atom. The van der Waals surface area contributed by atoms with Gasteiger partial charge < -0.3 is 19.9 Å². The average Bonchev–Trinajstić information content (AvgIpc) is 2.75. The molecule has 2 aliphatic heterocycles. The van der Waals surface area contributed by atoms with Crippen LogP contribution in [0.4, 0.5) is 0 Å². The maximum Gasteiger partial charge on any atom is 0.306 e. The van der Waals surface area contributed by atoms with Crippen LogP contribution in [0.25, 0.3) is 0 Å². The second kappa shape index (κ2) is 12.7. The van der Waals surface area contributed by atoms with Crippen LogP contribution in [0.5, 0.6) is 0 Å². The Kier molecular flexibility index (Phi) is 10.6. The lowest BCUT2D eigenvalue weighted by molar-refractivity contribution is -0.153. The number of carbonyl (C=O) groups excluding carboxylic acids is 3. The number of nitrogens with zero attached hydrogens (tertiary/aromatic N) is 2. The van der Waals surface area contributed by atoms with E-state index in [-0.39, 0.29) is 35.7 Å². The van der Waals surface area contributed by atoms with Crippen molar-refractivity contribution in [3.63, 3.8) is 0 Å². The summed E-state index contributed by atoms with van der Waals surface area (Å²) >= 11 is 0. The van der Waals surface area contributed by atoms with Gasteiger partial charge in [-0.2, -0.15) is 0 Å². The number of piperidine rings is 1. The monoisotopic (exact) mass is 465 g/mol. The molecule has 0 radical (unpaired) electrons. The smallest absolute Gasteiger partial charge is 0.306 e. The predicted molar refractivity (Wildman–Crippen MR) is 130 cm³/mol. The number of likely N-dealkylation sites (tertiary alicyclic amines) is 1. The van der Waals surface area contributed by atoms with Crippen LogP contribution in [-0.2, 0) is 19.1 Å². The molecule has 7 nitrogen and oxygen atoms in total. The number of esters is 1. The third-order valence-electron chi connectivity index (χ3n) is 7.13. The van der Waals surface area contributed by atoms with Crippen molar-refractivity contribution in [2.45, 2.75) is 86.2 Å². The number of rotatable bonds is 10. The fourth-order valence-electron chi connectivity index (χ4n) is 4.79. The molecule has 0 bridgehead atoms. The van der Waals surface area contributed by atoms with Crippen molar-refractivity contribution in [3.8, 4) is 0 Å². The Hall–Kier alpha value is -1.63. The zero-order valence-corrected chi connectivity index (χ0v) is 21.9. The molecule has 0 aromatic heterocycles. The Morgan fingerprint density at radius 1 is 1.00 bits per heavy atom. The Balaban J connectivity index is 2.03. The van der Waals surface area contributed by atoms with Gasteiger partial charge in [-0.3, -0.25) is 14.4 Å². The molecular weight excluding hydrogens is 418 g/mol. The van der Waals surface area contributed by atoms with Crippen molar-refractivity contribution in [2.24, 2.45) is 29.6 Å². The molecular formula is C26H47N3O4. The molecule has 0 unspecified atom stereocenters. The van der Waals surface area contributed by atoms with Gasteiger partial charge in [0.25, 0.3) is 0 Å². The lowest BCUT2D eigenvalue weighted by Crippen LogP contribution is -2.63. The summed E-state index contributed by atoms with van der Waals surface area (Å²) in [5.41, 5.74) is 0. The highest BCUT2D eigenvalue weighted by atomic mass is 16.5. The lowest BCUT2D eigenvalue weighted by Gasteiger charge is -2.44. The number of amides is 2. The van der Waals surface area contributed by atoms with Gasteiger partial charge in [0.05, 0.1) is 12.6 Å². The van der Waals surface area contributed by atoms with Crippen LogP contribution in [0.3, 0.4) is 0 Å². The van der Waals surface area contributed by atoms with Gasteiger partial charge in [-0.1, -0.05) is 48.5 Å². The van der Waals surface area contributed by atoms with Crippen molar-refractivity contribution in [3.05, 3.63) is 0 Å².